The lowest BCUT2D eigenvalue weighted by molar-refractivity contribution is -0.145. The first-order valence-electron chi connectivity index (χ1n) is 10.5. The average molecular weight is 406 g/mol. The average Bonchev–Trinajstić information content (AvgIpc) is 2.71. The van der Waals surface area contributed by atoms with Crippen LogP contribution in [0.1, 0.15) is 58.3 Å². The van der Waals surface area contributed by atoms with Crippen molar-refractivity contribution in [3.63, 3.8) is 0 Å². The van der Waals surface area contributed by atoms with Crippen LogP contribution in [0.15, 0.2) is 30.4 Å². The Labute approximate surface area is 170 Å². The predicted octanol–water partition coefficient (Wildman–Crippen LogP) is 5.35. The number of esters is 2. The summed E-state index contributed by atoms with van der Waals surface area (Å²) in [5.41, 5.74) is 0. The minimum atomic E-state index is -1.02. The normalized spacial score (nSPS) is 27.6. The quantitative estimate of drug-likeness (QED) is 0.376. The molecule has 0 unspecified atom stereocenters. The second-order valence-electron chi connectivity index (χ2n) is 8.08. The van der Waals surface area contributed by atoms with Crippen LogP contribution in [0.4, 0.5) is 8.78 Å². The van der Waals surface area contributed by atoms with Crippen LogP contribution in [0.3, 0.4) is 0 Å². The first-order valence-corrected chi connectivity index (χ1v) is 10.5. The number of carbonyl (C=O) groups is 2. The van der Waals surface area contributed by atoms with Crippen molar-refractivity contribution in [1.29, 1.82) is 0 Å². The minimum absolute atomic E-state index is 0.0115. The fraction of sp³-hybridized carbons (Fsp3) is 0.565. The summed E-state index contributed by atoms with van der Waals surface area (Å²) in [6.45, 7) is 1.79. The van der Waals surface area contributed by atoms with E-state index < -0.39 is 11.6 Å². The molecular formula is C23H28F2O4. The van der Waals surface area contributed by atoms with Gasteiger partial charge >= 0.3 is 11.9 Å². The highest BCUT2D eigenvalue weighted by molar-refractivity contribution is 5.81. The van der Waals surface area contributed by atoms with E-state index in [0.717, 1.165) is 63.5 Å². The van der Waals surface area contributed by atoms with Gasteiger partial charge in [0.15, 0.2) is 11.6 Å². The van der Waals surface area contributed by atoms with E-state index in [1.54, 1.807) is 13.0 Å². The SMILES string of the molecule is CC=CC(=O)OC1CCC(C2CCC(C(=O)Oc3ccc(F)c(F)c3)CC2)CC1. The Morgan fingerprint density at radius 2 is 1.55 bits per heavy atom. The molecule has 0 amide bonds. The number of halogens is 2. The minimum Gasteiger partial charge on any atom is -0.459 e. The van der Waals surface area contributed by atoms with E-state index >= 15 is 0 Å². The molecule has 0 saturated heterocycles. The van der Waals surface area contributed by atoms with E-state index in [-0.39, 0.29) is 29.7 Å². The zero-order valence-electron chi connectivity index (χ0n) is 16.7. The molecule has 0 aromatic heterocycles. The molecule has 3 rings (SSSR count). The van der Waals surface area contributed by atoms with Gasteiger partial charge in [0, 0.05) is 12.1 Å². The molecule has 0 atom stereocenters. The first kappa shape index (κ1) is 21.5. The van der Waals surface area contributed by atoms with Crippen LogP contribution in [0, 0.1) is 29.4 Å². The molecule has 2 saturated carbocycles. The van der Waals surface area contributed by atoms with Crippen molar-refractivity contribution in [3.05, 3.63) is 42.0 Å². The fourth-order valence-corrected chi connectivity index (χ4v) is 4.58. The maximum Gasteiger partial charge on any atom is 0.330 e. The highest BCUT2D eigenvalue weighted by Crippen LogP contribution is 2.41. The van der Waals surface area contributed by atoms with Crippen molar-refractivity contribution in [2.24, 2.45) is 17.8 Å². The maximum atomic E-state index is 13.3. The highest BCUT2D eigenvalue weighted by Gasteiger charge is 2.34. The van der Waals surface area contributed by atoms with E-state index in [4.69, 9.17) is 9.47 Å². The zero-order valence-corrected chi connectivity index (χ0v) is 16.7. The van der Waals surface area contributed by atoms with Crippen LogP contribution < -0.4 is 4.74 Å². The van der Waals surface area contributed by atoms with Gasteiger partial charge in [0.1, 0.15) is 11.9 Å². The van der Waals surface area contributed by atoms with Crippen molar-refractivity contribution in [2.75, 3.05) is 0 Å². The topological polar surface area (TPSA) is 52.6 Å². The van der Waals surface area contributed by atoms with E-state index in [2.05, 4.69) is 0 Å². The molecule has 0 N–H and O–H groups in total. The van der Waals surface area contributed by atoms with Crippen LogP contribution in [0.5, 0.6) is 5.75 Å². The summed E-state index contributed by atoms with van der Waals surface area (Å²) in [5, 5.41) is 0. The lowest BCUT2D eigenvalue weighted by atomic mass is 9.70. The van der Waals surface area contributed by atoms with Gasteiger partial charge in [-0.15, -0.1) is 0 Å². The second kappa shape index (κ2) is 9.99. The number of benzene rings is 1. The Balaban J connectivity index is 1.42. The molecule has 2 fully saturated rings. The molecule has 29 heavy (non-hydrogen) atoms. The largest absolute Gasteiger partial charge is 0.459 e. The van der Waals surface area contributed by atoms with Gasteiger partial charge in [-0.05, 0) is 82.3 Å². The van der Waals surface area contributed by atoms with E-state index in [1.165, 1.54) is 12.1 Å². The van der Waals surface area contributed by atoms with Gasteiger partial charge in [-0.2, -0.15) is 0 Å². The van der Waals surface area contributed by atoms with Crippen molar-refractivity contribution in [3.8, 4) is 5.75 Å². The van der Waals surface area contributed by atoms with E-state index in [0.29, 0.717) is 11.8 Å². The van der Waals surface area contributed by atoms with Gasteiger partial charge in [-0.25, -0.2) is 13.6 Å². The lowest BCUT2D eigenvalue weighted by Gasteiger charge is -2.37. The van der Waals surface area contributed by atoms with Crippen LogP contribution in [0.25, 0.3) is 0 Å². The van der Waals surface area contributed by atoms with Gasteiger partial charge in [-0.3, -0.25) is 4.79 Å². The number of allylic oxidation sites excluding steroid dienone is 1. The third-order valence-electron chi connectivity index (χ3n) is 6.19. The molecule has 0 radical (unpaired) electrons. The molecular weight excluding hydrogens is 378 g/mol. The highest BCUT2D eigenvalue weighted by atomic mass is 19.2. The summed E-state index contributed by atoms with van der Waals surface area (Å²) >= 11 is 0. The third kappa shape index (κ3) is 5.87. The smallest absolute Gasteiger partial charge is 0.330 e. The van der Waals surface area contributed by atoms with Gasteiger partial charge in [0.25, 0.3) is 0 Å². The predicted molar refractivity (Wildman–Crippen MR) is 104 cm³/mol. The molecule has 158 valence electrons. The second-order valence-corrected chi connectivity index (χ2v) is 8.08. The number of ether oxygens (including phenoxy) is 2. The summed E-state index contributed by atoms with van der Waals surface area (Å²) in [5.74, 6) is -1.59. The van der Waals surface area contributed by atoms with Crippen LogP contribution in [-0.4, -0.2) is 18.0 Å². The van der Waals surface area contributed by atoms with Crippen LogP contribution >= 0.6 is 0 Å². The Morgan fingerprint density at radius 3 is 2.14 bits per heavy atom. The van der Waals surface area contributed by atoms with Crippen molar-refractivity contribution in [1.82, 2.24) is 0 Å². The number of rotatable bonds is 5. The molecule has 4 nitrogen and oxygen atoms in total. The van der Waals surface area contributed by atoms with Crippen LogP contribution in [0.2, 0.25) is 0 Å². The third-order valence-corrected chi connectivity index (χ3v) is 6.19. The van der Waals surface area contributed by atoms with Gasteiger partial charge in [0.2, 0.25) is 0 Å². The Kier molecular flexibility index (Phi) is 7.40. The molecule has 0 aliphatic heterocycles. The maximum absolute atomic E-state index is 13.3. The molecule has 1 aromatic carbocycles. The first-order chi connectivity index (χ1) is 14.0. The Morgan fingerprint density at radius 1 is 0.931 bits per heavy atom. The monoisotopic (exact) mass is 406 g/mol. The van der Waals surface area contributed by atoms with Crippen molar-refractivity contribution < 1.29 is 27.8 Å². The summed E-state index contributed by atoms with van der Waals surface area (Å²) in [7, 11) is 0. The lowest BCUT2D eigenvalue weighted by Crippen LogP contribution is -2.31. The number of carbonyl (C=O) groups excluding carboxylic acids is 2. The van der Waals surface area contributed by atoms with Gasteiger partial charge < -0.3 is 9.47 Å². The Hall–Kier alpha value is -2.24. The molecule has 2 aliphatic rings. The van der Waals surface area contributed by atoms with Gasteiger partial charge in [0.05, 0.1) is 5.92 Å². The Bertz CT molecular complexity index is 745. The van der Waals surface area contributed by atoms with Gasteiger partial charge in [-0.1, -0.05) is 6.08 Å². The molecule has 1 aromatic rings. The standard InChI is InChI=1S/C23H28F2O4/c1-2-3-22(26)28-18-10-8-16(9-11-18)15-4-6-17(7-5-15)23(27)29-19-12-13-20(24)21(25)14-19/h2-3,12-18H,4-11H2,1H3. The van der Waals surface area contributed by atoms with E-state index in [1.807, 2.05) is 0 Å². The van der Waals surface area contributed by atoms with E-state index in [9.17, 15) is 18.4 Å². The summed E-state index contributed by atoms with van der Waals surface area (Å²) in [6.07, 6.45) is 10.5. The molecule has 6 heteroatoms. The van der Waals surface area contributed by atoms with Crippen LogP contribution in [-0.2, 0) is 14.3 Å². The molecule has 2 aliphatic carbocycles. The number of hydrogen-bond acceptors (Lipinski definition) is 4. The summed E-state index contributed by atoms with van der Waals surface area (Å²) in [6, 6.07) is 3.13. The molecule has 0 spiro atoms. The zero-order chi connectivity index (χ0) is 20.8. The summed E-state index contributed by atoms with van der Waals surface area (Å²) < 4.78 is 36.9. The van der Waals surface area contributed by atoms with Crippen molar-refractivity contribution >= 4 is 11.9 Å². The molecule has 0 bridgehead atoms. The summed E-state index contributed by atoms with van der Waals surface area (Å²) in [4.78, 5) is 23.9. The fourth-order valence-electron chi connectivity index (χ4n) is 4.58. The molecule has 0 heterocycles. The van der Waals surface area contributed by atoms with Crippen molar-refractivity contribution in [2.45, 2.75) is 64.4 Å². The number of hydrogen-bond donors (Lipinski definition) is 0.